The van der Waals surface area contributed by atoms with Gasteiger partial charge in [0.1, 0.15) is 29.1 Å². The number of carboxylic acid groups (broad SMARTS) is 3. The van der Waals surface area contributed by atoms with Crippen molar-refractivity contribution in [3.05, 3.63) is 23.8 Å². The molecular weight excluding hydrogens is 711 g/mol. The summed E-state index contributed by atoms with van der Waals surface area (Å²) in [6.07, 6.45) is 15.8. The molecule has 0 radical (unpaired) electrons. The topological polar surface area (TPSA) is 231 Å². The van der Waals surface area contributed by atoms with Crippen molar-refractivity contribution in [3.63, 3.8) is 0 Å². The van der Waals surface area contributed by atoms with Gasteiger partial charge < -0.3 is 46.5 Å². The number of hydrogen-bond donors (Lipinski definition) is 6. The summed E-state index contributed by atoms with van der Waals surface area (Å²) in [4.78, 5) is 30.2. The number of nitrogens with two attached hydrogens (primary N) is 3. The number of unbranched alkanes of at least 4 members (excludes halogenated alkanes) is 5. The second-order valence-corrected chi connectivity index (χ2v) is 16.2. The maximum atomic E-state index is 12.3. The van der Waals surface area contributed by atoms with Crippen LogP contribution in [0.25, 0.3) is 0 Å². The molecule has 1 aliphatic heterocycles. The molecule has 0 saturated carbocycles. The highest BCUT2D eigenvalue weighted by Crippen LogP contribution is 2.33. The molecule has 1 aromatic rings. The molecule has 0 fully saturated rings. The van der Waals surface area contributed by atoms with Gasteiger partial charge in [-0.15, -0.1) is 0 Å². The molecule has 2 rings (SSSR count). The summed E-state index contributed by atoms with van der Waals surface area (Å²) in [5, 5.41) is 25.0. The van der Waals surface area contributed by atoms with Gasteiger partial charge in [-0.2, -0.15) is 35.3 Å². The highest BCUT2D eigenvalue weighted by Gasteiger charge is 2.20. The maximum Gasteiger partial charge on any atom is 0.320 e. The van der Waals surface area contributed by atoms with Gasteiger partial charge >= 0.3 is 17.9 Å². The van der Waals surface area contributed by atoms with Crippen molar-refractivity contribution in [2.45, 2.75) is 101 Å². The number of rotatable bonds is 22. The molecule has 1 aliphatic rings. The van der Waals surface area contributed by atoms with Crippen LogP contribution in [0.4, 0.5) is 0 Å². The van der Waals surface area contributed by atoms with Crippen LogP contribution < -0.4 is 26.7 Å². The Kier molecular flexibility index (Phi) is 32.8. The summed E-state index contributed by atoms with van der Waals surface area (Å²) in [5.41, 5.74) is 16.7. The average molecular weight is 772 g/mol. The fraction of sp³-hybridized carbons (Fsp3) is 0.727. The Labute approximate surface area is 309 Å². The van der Waals surface area contributed by atoms with E-state index >= 15 is 0 Å². The van der Waals surface area contributed by atoms with Crippen LogP contribution in [0.2, 0.25) is 0 Å². The lowest BCUT2D eigenvalue weighted by molar-refractivity contribution is -0.139. The minimum Gasteiger partial charge on any atom is -0.616 e. The van der Waals surface area contributed by atoms with Crippen molar-refractivity contribution in [2.75, 3.05) is 48.6 Å². The molecule has 0 aromatic heterocycles. The third kappa shape index (κ3) is 27.8. The smallest absolute Gasteiger partial charge is 0.320 e. The predicted octanol–water partition coefficient (Wildman–Crippen LogP) is 4.91. The van der Waals surface area contributed by atoms with Crippen molar-refractivity contribution >= 4 is 64.4 Å². The zero-order valence-electron chi connectivity index (χ0n) is 29.8. The van der Waals surface area contributed by atoms with Crippen molar-refractivity contribution in [1.29, 1.82) is 0 Å². The molecule has 5 atom stereocenters. The number of thioether (sulfide) groups is 3. The number of fused-ring (bicyclic) bond motifs is 1. The van der Waals surface area contributed by atoms with Crippen LogP contribution in [0.1, 0.15) is 77.2 Å². The van der Waals surface area contributed by atoms with E-state index in [1.807, 2.05) is 37.0 Å². The predicted molar refractivity (Wildman–Crippen MR) is 208 cm³/mol. The molecule has 12 nitrogen and oxygen atoms in total. The Hall–Kier alpha value is -1.53. The van der Waals surface area contributed by atoms with E-state index in [1.165, 1.54) is 37.7 Å². The first-order valence-corrected chi connectivity index (χ1v) is 22.0. The maximum absolute atomic E-state index is 12.3. The molecule has 0 amide bonds. The molecule has 9 N–H and O–H groups in total. The number of hydrogen-bond acceptors (Lipinski definition) is 12. The second-order valence-electron chi connectivity index (χ2n) is 11.2. The lowest BCUT2D eigenvalue weighted by Gasteiger charge is -2.18. The van der Waals surface area contributed by atoms with Gasteiger partial charge in [0.25, 0.3) is 0 Å². The van der Waals surface area contributed by atoms with E-state index in [9.17, 15) is 18.9 Å². The third-order valence-corrected chi connectivity index (χ3v) is 10.6. The SMILES string of the molecule is CCCCCCCC[S+]([O-])C(C)Cc1ccc2c(c1)OCO2.CSCCC(N)C(=O)O.CSCCC(N)C(=O)O.CSCCC(N)C(=O)O. The second kappa shape index (κ2) is 32.4. The highest BCUT2D eigenvalue weighted by atomic mass is 32.2. The molecule has 0 saturated heterocycles. The average Bonchev–Trinajstić information content (AvgIpc) is 3.55. The molecule has 0 aliphatic carbocycles. The van der Waals surface area contributed by atoms with Crippen LogP contribution in [-0.4, -0.2) is 110 Å². The van der Waals surface area contributed by atoms with Crippen molar-refractivity contribution in [1.82, 2.24) is 0 Å². The van der Waals surface area contributed by atoms with Crippen molar-refractivity contribution < 1.29 is 43.7 Å². The van der Waals surface area contributed by atoms with Crippen LogP contribution in [0.15, 0.2) is 18.2 Å². The lowest BCUT2D eigenvalue weighted by atomic mass is 10.1. The monoisotopic (exact) mass is 771 g/mol. The first-order valence-electron chi connectivity index (χ1n) is 16.4. The number of benzene rings is 1. The molecule has 1 aromatic carbocycles. The summed E-state index contributed by atoms with van der Waals surface area (Å²) < 4.78 is 23.0. The summed E-state index contributed by atoms with van der Waals surface area (Å²) in [5.74, 6) is 2.15. The van der Waals surface area contributed by atoms with Crippen molar-refractivity contribution in [2.24, 2.45) is 17.2 Å². The van der Waals surface area contributed by atoms with E-state index in [0.29, 0.717) is 26.1 Å². The number of carbonyl (C=O) groups is 3. The molecule has 5 unspecified atom stereocenters. The zero-order valence-corrected chi connectivity index (χ0v) is 33.1. The van der Waals surface area contributed by atoms with E-state index in [4.69, 9.17) is 42.0 Å². The van der Waals surface area contributed by atoms with E-state index in [1.54, 1.807) is 35.3 Å². The molecule has 286 valence electrons. The van der Waals surface area contributed by atoms with Gasteiger partial charge in [0.15, 0.2) is 11.5 Å². The first-order chi connectivity index (χ1) is 23.2. The summed E-state index contributed by atoms with van der Waals surface area (Å²) in [6, 6.07) is 3.96. The summed E-state index contributed by atoms with van der Waals surface area (Å²) >= 11 is 4.07. The van der Waals surface area contributed by atoms with Gasteiger partial charge in [-0.1, -0.05) is 49.8 Å². The minimum atomic E-state index is -0.913. The van der Waals surface area contributed by atoms with E-state index in [2.05, 4.69) is 13.8 Å². The number of ether oxygens (including phenoxy) is 2. The fourth-order valence-electron chi connectivity index (χ4n) is 3.82. The minimum absolute atomic E-state index is 0.191. The Morgan fingerprint density at radius 1 is 0.776 bits per heavy atom. The Morgan fingerprint density at radius 3 is 1.63 bits per heavy atom. The van der Waals surface area contributed by atoms with E-state index in [0.717, 1.165) is 47.4 Å². The number of carboxylic acids is 3. The van der Waals surface area contributed by atoms with Gasteiger partial charge in [0, 0.05) is 6.42 Å². The van der Waals surface area contributed by atoms with Crippen LogP contribution >= 0.6 is 35.3 Å². The molecule has 49 heavy (non-hydrogen) atoms. The van der Waals surface area contributed by atoms with Crippen LogP contribution in [0.3, 0.4) is 0 Å². The quantitative estimate of drug-likeness (QED) is 0.0679. The zero-order chi connectivity index (χ0) is 37.6. The first kappa shape index (κ1) is 49.6. The van der Waals surface area contributed by atoms with Gasteiger partial charge in [0.2, 0.25) is 6.79 Å². The Morgan fingerprint density at radius 2 is 1.20 bits per heavy atom. The van der Waals surface area contributed by atoms with Gasteiger partial charge in [-0.3, -0.25) is 14.4 Å². The molecule has 0 spiro atoms. The van der Waals surface area contributed by atoms with E-state index < -0.39 is 47.2 Å². The van der Waals surface area contributed by atoms with Gasteiger partial charge in [-0.05, 0) is 92.7 Å². The Balaban J connectivity index is 0. The molecule has 16 heteroatoms. The molecule has 0 bridgehead atoms. The molecule has 1 heterocycles. The van der Waals surface area contributed by atoms with Gasteiger partial charge in [0.05, 0.1) is 0 Å². The summed E-state index contributed by atoms with van der Waals surface area (Å²) in [6.45, 7) is 4.61. The number of aliphatic carboxylic acids is 3. The Bertz CT molecular complexity index is 957. The molecular formula is C33H61N3O9S4. The highest BCUT2D eigenvalue weighted by molar-refractivity contribution is 7.99. The van der Waals surface area contributed by atoms with Crippen LogP contribution in [-0.2, 0) is 32.0 Å². The van der Waals surface area contributed by atoms with E-state index in [-0.39, 0.29) is 5.25 Å². The summed E-state index contributed by atoms with van der Waals surface area (Å²) in [7, 11) is 0. The fourth-order valence-corrected chi connectivity index (χ4v) is 6.56. The lowest BCUT2D eigenvalue weighted by Crippen LogP contribution is -2.30. The third-order valence-electron chi connectivity index (χ3n) is 6.96. The van der Waals surface area contributed by atoms with Crippen LogP contribution in [0.5, 0.6) is 11.5 Å². The van der Waals surface area contributed by atoms with Crippen molar-refractivity contribution in [3.8, 4) is 11.5 Å². The normalized spacial score (nSPS) is 14.3. The van der Waals surface area contributed by atoms with Gasteiger partial charge in [-0.25, -0.2) is 0 Å². The standard InChI is InChI=1S/C18H28O3S.3C5H11NO2S/c1-3-4-5-6-7-8-11-22(19)15(2)12-16-9-10-17-18(13-16)21-14-20-17;3*1-9-3-2-4(6)5(7)8/h9-10,13,15H,3-8,11-12,14H2,1-2H3;3*4H,2-3,6H2,1H3,(H,7,8). The van der Waals surface area contributed by atoms with Crippen LogP contribution in [0, 0.1) is 0 Å². The largest absolute Gasteiger partial charge is 0.616 e.